The Balaban J connectivity index is 2.76. The number of aromatic nitrogens is 2. The second kappa shape index (κ2) is 3.64. The van der Waals surface area contributed by atoms with Crippen LogP contribution in [0.5, 0.6) is 0 Å². The standard InChI is InChI=1S/C5H5ClN2O2S/c6-2-4-3(1-5(9)10)7-8-11-4/h1-2H2,(H,9,10). The topological polar surface area (TPSA) is 63.1 Å². The Morgan fingerprint density at radius 2 is 2.45 bits per heavy atom. The fourth-order valence-corrected chi connectivity index (χ4v) is 1.41. The minimum Gasteiger partial charge on any atom is -0.481 e. The van der Waals surface area contributed by atoms with Gasteiger partial charge in [0.25, 0.3) is 0 Å². The van der Waals surface area contributed by atoms with Crippen molar-refractivity contribution >= 4 is 29.1 Å². The molecule has 0 fully saturated rings. The summed E-state index contributed by atoms with van der Waals surface area (Å²) in [4.78, 5) is 11.0. The van der Waals surface area contributed by atoms with Crippen LogP contribution in [0.25, 0.3) is 0 Å². The van der Waals surface area contributed by atoms with E-state index in [2.05, 4.69) is 9.59 Å². The van der Waals surface area contributed by atoms with Gasteiger partial charge in [0, 0.05) is 0 Å². The summed E-state index contributed by atoms with van der Waals surface area (Å²) in [5, 5.41) is 12.0. The van der Waals surface area contributed by atoms with E-state index in [0.717, 1.165) is 16.4 Å². The maximum Gasteiger partial charge on any atom is 0.309 e. The number of carboxylic acids is 1. The number of alkyl halides is 1. The van der Waals surface area contributed by atoms with E-state index in [9.17, 15) is 4.79 Å². The van der Waals surface area contributed by atoms with Gasteiger partial charge in [-0.1, -0.05) is 4.49 Å². The summed E-state index contributed by atoms with van der Waals surface area (Å²) in [7, 11) is 0. The average molecular weight is 193 g/mol. The second-order valence-electron chi connectivity index (χ2n) is 1.85. The summed E-state index contributed by atoms with van der Waals surface area (Å²) in [6.45, 7) is 0. The van der Waals surface area contributed by atoms with E-state index in [0.29, 0.717) is 5.69 Å². The van der Waals surface area contributed by atoms with Crippen molar-refractivity contribution in [3.63, 3.8) is 0 Å². The fraction of sp³-hybridized carbons (Fsp3) is 0.400. The number of rotatable bonds is 3. The van der Waals surface area contributed by atoms with Crippen LogP contribution in [0, 0.1) is 0 Å². The summed E-state index contributed by atoms with van der Waals surface area (Å²) in [5.74, 6) is -0.635. The fourth-order valence-electron chi connectivity index (χ4n) is 0.606. The van der Waals surface area contributed by atoms with Gasteiger partial charge in [-0.2, -0.15) is 0 Å². The SMILES string of the molecule is O=C(O)Cc1nnsc1CCl. The monoisotopic (exact) mass is 192 g/mol. The predicted molar refractivity (Wildman–Crippen MR) is 40.8 cm³/mol. The van der Waals surface area contributed by atoms with Crippen molar-refractivity contribution in [3.8, 4) is 0 Å². The summed E-state index contributed by atoms with van der Waals surface area (Å²) >= 11 is 6.63. The van der Waals surface area contributed by atoms with Gasteiger partial charge >= 0.3 is 5.97 Å². The Kier molecular flexibility index (Phi) is 2.78. The van der Waals surface area contributed by atoms with E-state index in [1.807, 2.05) is 0 Å². The molecule has 1 rings (SSSR count). The molecule has 0 amide bonds. The number of aliphatic carboxylic acids is 1. The average Bonchev–Trinajstić information content (AvgIpc) is 2.34. The Labute approximate surface area is 72.0 Å². The molecule has 1 aromatic rings. The lowest BCUT2D eigenvalue weighted by Crippen LogP contribution is -2.02. The Hall–Kier alpha value is -0.680. The molecule has 0 radical (unpaired) electrons. The van der Waals surface area contributed by atoms with Crippen molar-refractivity contribution in [2.24, 2.45) is 0 Å². The molecule has 60 valence electrons. The molecule has 0 spiro atoms. The molecule has 1 aromatic heterocycles. The van der Waals surface area contributed by atoms with E-state index in [1.54, 1.807) is 0 Å². The highest BCUT2D eigenvalue weighted by Gasteiger charge is 2.09. The van der Waals surface area contributed by atoms with E-state index in [1.165, 1.54) is 0 Å². The Bertz CT molecular complexity index is 263. The van der Waals surface area contributed by atoms with Gasteiger partial charge in [-0.05, 0) is 11.5 Å². The third-order valence-corrected chi connectivity index (χ3v) is 2.26. The summed E-state index contributed by atoms with van der Waals surface area (Å²) in [6, 6.07) is 0. The van der Waals surface area contributed by atoms with E-state index in [4.69, 9.17) is 16.7 Å². The zero-order valence-electron chi connectivity index (χ0n) is 5.45. The van der Waals surface area contributed by atoms with Gasteiger partial charge in [-0.25, -0.2) is 0 Å². The molecular weight excluding hydrogens is 188 g/mol. The highest BCUT2D eigenvalue weighted by Crippen LogP contribution is 2.13. The number of carboxylic acid groups (broad SMARTS) is 1. The van der Waals surface area contributed by atoms with Crippen LogP contribution in [0.15, 0.2) is 0 Å². The summed E-state index contributed by atoms with van der Waals surface area (Å²) in [5.41, 5.74) is 0.470. The van der Waals surface area contributed by atoms with Crippen molar-refractivity contribution in [2.75, 3.05) is 0 Å². The zero-order valence-corrected chi connectivity index (χ0v) is 7.02. The van der Waals surface area contributed by atoms with Gasteiger partial charge in [0.1, 0.15) is 0 Å². The van der Waals surface area contributed by atoms with Crippen LogP contribution in [0.3, 0.4) is 0 Å². The van der Waals surface area contributed by atoms with Gasteiger partial charge in [0.15, 0.2) is 0 Å². The van der Waals surface area contributed by atoms with Crippen molar-refractivity contribution in [2.45, 2.75) is 12.3 Å². The number of carbonyl (C=O) groups is 1. The molecule has 0 aromatic carbocycles. The van der Waals surface area contributed by atoms with Crippen molar-refractivity contribution in [3.05, 3.63) is 10.6 Å². The zero-order chi connectivity index (χ0) is 8.27. The van der Waals surface area contributed by atoms with Crippen LogP contribution in [0.1, 0.15) is 10.6 Å². The second-order valence-corrected chi connectivity index (χ2v) is 2.95. The highest BCUT2D eigenvalue weighted by atomic mass is 35.5. The Morgan fingerprint density at radius 1 is 1.73 bits per heavy atom. The van der Waals surface area contributed by atoms with Gasteiger partial charge in [-0.3, -0.25) is 4.79 Å². The van der Waals surface area contributed by atoms with Gasteiger partial charge in [0.05, 0.1) is 22.9 Å². The lowest BCUT2D eigenvalue weighted by atomic mass is 10.3. The van der Waals surface area contributed by atoms with Crippen LogP contribution in [-0.2, 0) is 17.1 Å². The summed E-state index contributed by atoms with van der Waals surface area (Å²) < 4.78 is 3.59. The molecule has 6 heteroatoms. The van der Waals surface area contributed by atoms with E-state index >= 15 is 0 Å². The normalized spacial score (nSPS) is 9.91. The third kappa shape index (κ3) is 2.13. The van der Waals surface area contributed by atoms with Gasteiger partial charge < -0.3 is 5.11 Å². The minimum atomic E-state index is -0.913. The molecule has 0 aliphatic heterocycles. The molecule has 11 heavy (non-hydrogen) atoms. The lowest BCUT2D eigenvalue weighted by molar-refractivity contribution is -0.136. The van der Waals surface area contributed by atoms with Crippen LogP contribution in [0.2, 0.25) is 0 Å². The largest absolute Gasteiger partial charge is 0.481 e. The predicted octanol–water partition coefficient (Wildman–Crippen LogP) is 0.904. The first kappa shape index (κ1) is 8.42. The molecule has 0 unspecified atom stereocenters. The number of hydrogen-bond acceptors (Lipinski definition) is 4. The smallest absolute Gasteiger partial charge is 0.309 e. The molecule has 0 aliphatic carbocycles. The maximum absolute atomic E-state index is 10.2. The molecule has 0 aliphatic rings. The lowest BCUT2D eigenvalue weighted by Gasteiger charge is -1.90. The Morgan fingerprint density at radius 3 is 3.00 bits per heavy atom. The maximum atomic E-state index is 10.2. The summed E-state index contributed by atoms with van der Waals surface area (Å²) in [6.07, 6.45) is -0.0987. The van der Waals surface area contributed by atoms with Gasteiger partial charge in [-0.15, -0.1) is 16.7 Å². The van der Waals surface area contributed by atoms with E-state index in [-0.39, 0.29) is 12.3 Å². The van der Waals surface area contributed by atoms with Crippen molar-refractivity contribution in [1.82, 2.24) is 9.59 Å². The molecule has 0 saturated heterocycles. The number of nitrogens with zero attached hydrogens (tertiary/aromatic N) is 2. The van der Waals surface area contributed by atoms with E-state index < -0.39 is 5.97 Å². The van der Waals surface area contributed by atoms with Gasteiger partial charge in [0.2, 0.25) is 0 Å². The molecular formula is C5H5ClN2O2S. The quantitative estimate of drug-likeness (QED) is 0.723. The van der Waals surface area contributed by atoms with Crippen LogP contribution in [0.4, 0.5) is 0 Å². The first-order valence-corrected chi connectivity index (χ1v) is 4.12. The molecule has 1 heterocycles. The minimum absolute atomic E-state index is 0.0987. The van der Waals surface area contributed by atoms with Crippen molar-refractivity contribution in [1.29, 1.82) is 0 Å². The van der Waals surface area contributed by atoms with Crippen LogP contribution in [-0.4, -0.2) is 20.7 Å². The number of halogens is 1. The highest BCUT2D eigenvalue weighted by molar-refractivity contribution is 7.05. The number of hydrogen-bond donors (Lipinski definition) is 1. The van der Waals surface area contributed by atoms with Crippen molar-refractivity contribution < 1.29 is 9.90 Å². The molecule has 0 saturated carbocycles. The first-order chi connectivity index (χ1) is 5.24. The molecule has 0 atom stereocenters. The first-order valence-electron chi connectivity index (χ1n) is 2.82. The van der Waals surface area contributed by atoms with Crippen LogP contribution >= 0.6 is 23.1 Å². The molecule has 1 N–H and O–H groups in total. The molecule has 0 bridgehead atoms. The third-order valence-electron chi connectivity index (χ3n) is 1.07. The van der Waals surface area contributed by atoms with Crippen LogP contribution < -0.4 is 0 Å². The molecule has 4 nitrogen and oxygen atoms in total.